The van der Waals surface area contributed by atoms with Gasteiger partial charge in [-0.15, -0.1) is 0 Å². The third-order valence-electron chi connectivity index (χ3n) is 4.89. The van der Waals surface area contributed by atoms with E-state index in [1.54, 1.807) is 0 Å². The highest BCUT2D eigenvalue weighted by Crippen LogP contribution is 2.35. The minimum Gasteiger partial charge on any atom is -0.357 e. The molecule has 3 aromatic rings. The topological polar surface area (TPSA) is 33.4 Å². The van der Waals surface area contributed by atoms with Crippen molar-refractivity contribution in [2.24, 2.45) is 0 Å². The molecule has 2 aromatic heterocycles. The zero-order valence-electron chi connectivity index (χ0n) is 16.4. The van der Waals surface area contributed by atoms with E-state index in [2.05, 4.69) is 71.6 Å². The van der Waals surface area contributed by atoms with Gasteiger partial charge in [-0.2, -0.15) is 9.61 Å². The summed E-state index contributed by atoms with van der Waals surface area (Å²) in [5, 5.41) is 4.86. The van der Waals surface area contributed by atoms with Gasteiger partial charge in [-0.1, -0.05) is 17.7 Å². The van der Waals surface area contributed by atoms with Gasteiger partial charge in [0.25, 0.3) is 0 Å². The number of nitrogens with zero attached hydrogens (tertiary/aromatic N) is 4. The Bertz CT molecular complexity index is 910. The van der Waals surface area contributed by atoms with Crippen LogP contribution in [0, 0.1) is 34.6 Å². The molecule has 2 heterocycles. The molecule has 0 aliphatic rings. The number of hydrogen-bond acceptors (Lipinski definition) is 3. The van der Waals surface area contributed by atoms with E-state index in [0.717, 1.165) is 41.5 Å². The average Bonchev–Trinajstić information content (AvgIpc) is 2.84. The molecular weight excluding hydrogens is 308 g/mol. The van der Waals surface area contributed by atoms with Gasteiger partial charge in [-0.25, -0.2) is 4.98 Å². The standard InChI is InChI=1S/C21H28N4/c1-8-24(9-2)18-12-16(6)22-21-20(17(7)23-25(18)21)19-14(4)10-13(3)11-15(19)5/h10-12H,8-9H2,1-7H3. The van der Waals surface area contributed by atoms with Crippen LogP contribution < -0.4 is 4.90 Å². The SMILES string of the molecule is CCN(CC)c1cc(C)nc2c(-c3c(C)cc(C)cc3C)c(C)nn12. The van der Waals surface area contributed by atoms with Crippen LogP contribution in [0.2, 0.25) is 0 Å². The van der Waals surface area contributed by atoms with E-state index in [4.69, 9.17) is 10.1 Å². The molecule has 0 saturated carbocycles. The van der Waals surface area contributed by atoms with Crippen molar-refractivity contribution in [2.45, 2.75) is 48.5 Å². The Morgan fingerprint density at radius 1 is 0.880 bits per heavy atom. The molecule has 0 N–H and O–H groups in total. The van der Waals surface area contributed by atoms with E-state index in [9.17, 15) is 0 Å². The van der Waals surface area contributed by atoms with Gasteiger partial charge in [0.05, 0.1) is 11.3 Å². The molecule has 4 nitrogen and oxygen atoms in total. The number of hydrogen-bond donors (Lipinski definition) is 0. The lowest BCUT2D eigenvalue weighted by Crippen LogP contribution is -2.25. The van der Waals surface area contributed by atoms with Gasteiger partial charge < -0.3 is 4.90 Å². The fourth-order valence-corrected chi connectivity index (χ4v) is 3.87. The monoisotopic (exact) mass is 336 g/mol. The first-order chi connectivity index (χ1) is 11.9. The van der Waals surface area contributed by atoms with Crippen molar-refractivity contribution in [3.05, 3.63) is 46.3 Å². The first kappa shape index (κ1) is 17.5. The number of rotatable bonds is 4. The van der Waals surface area contributed by atoms with Crippen LogP contribution in [0.15, 0.2) is 18.2 Å². The Labute approximate surface area is 150 Å². The summed E-state index contributed by atoms with van der Waals surface area (Å²) >= 11 is 0. The lowest BCUT2D eigenvalue weighted by atomic mass is 9.94. The number of aryl methyl sites for hydroxylation is 5. The molecule has 0 radical (unpaired) electrons. The van der Waals surface area contributed by atoms with Crippen LogP contribution in [0.5, 0.6) is 0 Å². The maximum atomic E-state index is 4.86. The lowest BCUT2D eigenvalue weighted by molar-refractivity contribution is 0.792. The van der Waals surface area contributed by atoms with Crippen LogP contribution >= 0.6 is 0 Å². The second-order valence-corrected chi connectivity index (χ2v) is 6.90. The quantitative estimate of drug-likeness (QED) is 0.687. The smallest absolute Gasteiger partial charge is 0.165 e. The lowest BCUT2D eigenvalue weighted by Gasteiger charge is -2.22. The van der Waals surface area contributed by atoms with Crippen LogP contribution in [-0.4, -0.2) is 27.7 Å². The van der Waals surface area contributed by atoms with Crippen LogP contribution in [0.3, 0.4) is 0 Å². The van der Waals surface area contributed by atoms with Crippen LogP contribution in [0.1, 0.15) is 41.9 Å². The van der Waals surface area contributed by atoms with E-state index in [1.807, 2.05) is 4.52 Å². The highest BCUT2D eigenvalue weighted by atomic mass is 15.3. The van der Waals surface area contributed by atoms with Gasteiger partial charge in [-0.05, 0) is 65.2 Å². The predicted molar refractivity (Wildman–Crippen MR) is 106 cm³/mol. The van der Waals surface area contributed by atoms with E-state index in [1.165, 1.54) is 22.3 Å². The van der Waals surface area contributed by atoms with Crippen LogP contribution in [-0.2, 0) is 0 Å². The summed E-state index contributed by atoms with van der Waals surface area (Å²) in [7, 11) is 0. The van der Waals surface area contributed by atoms with Gasteiger partial charge in [0.1, 0.15) is 5.82 Å². The molecule has 0 aliphatic heterocycles. The van der Waals surface area contributed by atoms with Crippen LogP contribution in [0.4, 0.5) is 5.82 Å². The fourth-order valence-electron chi connectivity index (χ4n) is 3.87. The summed E-state index contributed by atoms with van der Waals surface area (Å²) in [6.45, 7) is 16.9. The highest BCUT2D eigenvalue weighted by molar-refractivity contribution is 5.85. The van der Waals surface area contributed by atoms with Crippen molar-refractivity contribution in [1.29, 1.82) is 0 Å². The first-order valence-corrected chi connectivity index (χ1v) is 9.07. The van der Waals surface area contributed by atoms with Gasteiger partial charge in [-0.3, -0.25) is 0 Å². The first-order valence-electron chi connectivity index (χ1n) is 9.07. The van der Waals surface area contributed by atoms with Crippen LogP contribution in [0.25, 0.3) is 16.8 Å². The van der Waals surface area contributed by atoms with Crippen molar-refractivity contribution in [1.82, 2.24) is 14.6 Å². The third kappa shape index (κ3) is 2.90. The zero-order valence-corrected chi connectivity index (χ0v) is 16.4. The molecule has 0 atom stereocenters. The Morgan fingerprint density at radius 2 is 1.48 bits per heavy atom. The molecule has 25 heavy (non-hydrogen) atoms. The molecule has 0 bridgehead atoms. The number of aromatic nitrogens is 3. The highest BCUT2D eigenvalue weighted by Gasteiger charge is 2.20. The molecule has 4 heteroatoms. The summed E-state index contributed by atoms with van der Waals surface area (Å²) in [6, 6.07) is 6.61. The summed E-state index contributed by atoms with van der Waals surface area (Å²) in [5.74, 6) is 1.12. The Morgan fingerprint density at radius 3 is 2.04 bits per heavy atom. The Hall–Kier alpha value is -2.36. The maximum Gasteiger partial charge on any atom is 0.165 e. The zero-order chi connectivity index (χ0) is 18.3. The molecule has 0 amide bonds. The maximum absolute atomic E-state index is 4.86. The van der Waals surface area contributed by atoms with Crippen molar-refractivity contribution in [3.63, 3.8) is 0 Å². The van der Waals surface area contributed by atoms with Crippen molar-refractivity contribution in [2.75, 3.05) is 18.0 Å². The summed E-state index contributed by atoms with van der Waals surface area (Å²) in [6.07, 6.45) is 0. The predicted octanol–water partition coefficient (Wildman–Crippen LogP) is 4.78. The number of benzene rings is 1. The fraction of sp³-hybridized carbons (Fsp3) is 0.429. The van der Waals surface area contributed by atoms with Gasteiger partial charge in [0, 0.05) is 24.8 Å². The molecule has 0 fully saturated rings. The minimum absolute atomic E-state index is 0.950. The molecule has 3 rings (SSSR count). The molecule has 0 saturated heterocycles. The van der Waals surface area contributed by atoms with Crippen molar-refractivity contribution >= 4 is 11.5 Å². The normalized spacial score (nSPS) is 11.3. The van der Waals surface area contributed by atoms with E-state index in [0.29, 0.717) is 0 Å². The van der Waals surface area contributed by atoms with Gasteiger partial charge in [0.2, 0.25) is 0 Å². The van der Waals surface area contributed by atoms with Crippen molar-refractivity contribution in [3.8, 4) is 11.1 Å². The average molecular weight is 336 g/mol. The molecular formula is C21H28N4. The summed E-state index contributed by atoms with van der Waals surface area (Å²) < 4.78 is 2.02. The Balaban J connectivity index is 2.37. The molecule has 0 aliphatic carbocycles. The second-order valence-electron chi connectivity index (χ2n) is 6.90. The Kier molecular flexibility index (Phi) is 4.55. The van der Waals surface area contributed by atoms with E-state index < -0.39 is 0 Å². The molecule has 1 aromatic carbocycles. The molecule has 0 spiro atoms. The summed E-state index contributed by atoms with van der Waals surface area (Å²) in [4.78, 5) is 7.19. The van der Waals surface area contributed by atoms with E-state index in [-0.39, 0.29) is 0 Å². The second kappa shape index (κ2) is 6.51. The number of anilines is 1. The van der Waals surface area contributed by atoms with Crippen molar-refractivity contribution < 1.29 is 0 Å². The summed E-state index contributed by atoms with van der Waals surface area (Å²) in [5.41, 5.74) is 9.29. The largest absolute Gasteiger partial charge is 0.357 e. The van der Waals surface area contributed by atoms with Gasteiger partial charge in [0.15, 0.2) is 5.65 Å². The third-order valence-corrected chi connectivity index (χ3v) is 4.89. The van der Waals surface area contributed by atoms with E-state index >= 15 is 0 Å². The number of fused-ring (bicyclic) bond motifs is 1. The molecule has 0 unspecified atom stereocenters. The van der Waals surface area contributed by atoms with Gasteiger partial charge >= 0.3 is 0 Å². The minimum atomic E-state index is 0.950. The molecule has 132 valence electrons.